The van der Waals surface area contributed by atoms with Gasteiger partial charge in [0.05, 0.1) is 21.8 Å². The lowest BCUT2D eigenvalue weighted by atomic mass is 10.0. The maximum atomic E-state index is 10.1. The van der Waals surface area contributed by atoms with Crippen LogP contribution in [0, 0.1) is 0 Å². The van der Waals surface area contributed by atoms with Gasteiger partial charge in [-0.2, -0.15) is 0 Å². The van der Waals surface area contributed by atoms with Crippen LogP contribution in [-0.4, -0.2) is 10.1 Å². The van der Waals surface area contributed by atoms with E-state index in [4.69, 9.17) is 23.2 Å². The highest BCUT2D eigenvalue weighted by atomic mass is 35.5. The molecule has 1 atom stereocenters. The smallest absolute Gasteiger partial charge is 0.0978 e. The van der Waals surface area contributed by atoms with Crippen LogP contribution >= 0.6 is 23.2 Å². The third-order valence-electron chi connectivity index (χ3n) is 2.70. The first-order valence-corrected chi connectivity index (χ1v) is 6.45. The van der Waals surface area contributed by atoms with E-state index in [1.54, 1.807) is 6.07 Å². The Balaban J connectivity index is 2.01. The fourth-order valence-electron chi connectivity index (χ4n) is 1.76. The minimum atomic E-state index is -0.671. The minimum absolute atomic E-state index is 0.406. The first-order chi connectivity index (χ1) is 8.66. The molecule has 0 spiro atoms. The highest BCUT2D eigenvalue weighted by Gasteiger charge is 2.13. The van der Waals surface area contributed by atoms with Crippen molar-refractivity contribution in [2.75, 3.05) is 0 Å². The zero-order valence-electron chi connectivity index (χ0n) is 9.68. The number of aromatic nitrogens is 1. The van der Waals surface area contributed by atoms with Crippen LogP contribution in [0.5, 0.6) is 0 Å². The molecule has 0 aliphatic carbocycles. The molecule has 0 saturated carbocycles. The number of hydrogen-bond acceptors (Lipinski definition) is 2. The highest BCUT2D eigenvalue weighted by molar-refractivity contribution is 6.34. The van der Waals surface area contributed by atoms with Gasteiger partial charge in [0.15, 0.2) is 0 Å². The number of aryl methyl sites for hydroxylation is 1. The summed E-state index contributed by atoms with van der Waals surface area (Å²) in [6.45, 7) is 0. The van der Waals surface area contributed by atoms with Gasteiger partial charge in [-0.15, -0.1) is 0 Å². The molecule has 1 heterocycles. The normalized spacial score (nSPS) is 12.4. The van der Waals surface area contributed by atoms with E-state index in [-0.39, 0.29) is 0 Å². The van der Waals surface area contributed by atoms with Crippen molar-refractivity contribution >= 4 is 23.2 Å². The number of halogens is 2. The molecule has 1 aromatic carbocycles. The van der Waals surface area contributed by atoms with Crippen molar-refractivity contribution in [1.29, 1.82) is 0 Å². The lowest BCUT2D eigenvalue weighted by Crippen LogP contribution is -2.03. The molecule has 4 heteroatoms. The first-order valence-electron chi connectivity index (χ1n) is 5.70. The number of pyridine rings is 1. The number of hydrogen-bond donors (Lipinski definition) is 1. The quantitative estimate of drug-likeness (QED) is 0.917. The molecule has 0 aliphatic rings. The molecule has 94 valence electrons. The van der Waals surface area contributed by atoms with Crippen LogP contribution in [0.3, 0.4) is 0 Å². The molecule has 2 nitrogen and oxygen atoms in total. The molecular formula is C14H13Cl2NO. The molecule has 0 amide bonds. The zero-order valence-corrected chi connectivity index (χ0v) is 11.2. The van der Waals surface area contributed by atoms with Crippen molar-refractivity contribution in [2.24, 2.45) is 0 Å². The van der Waals surface area contributed by atoms with Crippen LogP contribution in [0.15, 0.2) is 42.6 Å². The van der Waals surface area contributed by atoms with Gasteiger partial charge in [0.2, 0.25) is 0 Å². The van der Waals surface area contributed by atoms with Crippen LogP contribution in [0.4, 0.5) is 0 Å². The van der Waals surface area contributed by atoms with Crippen molar-refractivity contribution < 1.29 is 5.11 Å². The second kappa shape index (κ2) is 6.19. The fraction of sp³-hybridized carbons (Fsp3) is 0.214. The lowest BCUT2D eigenvalue weighted by Gasteiger charge is -2.11. The molecule has 0 bridgehead atoms. The Labute approximate surface area is 116 Å². The predicted molar refractivity (Wildman–Crippen MR) is 74.0 cm³/mol. The predicted octanol–water partition coefficient (Wildman–Crippen LogP) is 4.05. The Morgan fingerprint density at radius 1 is 1.17 bits per heavy atom. The molecule has 0 aliphatic heterocycles. The maximum absolute atomic E-state index is 10.1. The molecule has 18 heavy (non-hydrogen) atoms. The van der Waals surface area contributed by atoms with Crippen molar-refractivity contribution in [2.45, 2.75) is 18.9 Å². The number of aliphatic hydroxyl groups excluding tert-OH is 1. The molecule has 0 fully saturated rings. The maximum Gasteiger partial charge on any atom is 0.0978 e. The molecule has 1 N–H and O–H groups in total. The third kappa shape index (κ3) is 3.45. The van der Waals surface area contributed by atoms with E-state index < -0.39 is 6.10 Å². The van der Waals surface area contributed by atoms with E-state index in [1.807, 2.05) is 30.3 Å². The van der Waals surface area contributed by atoms with E-state index in [0.717, 1.165) is 6.42 Å². The topological polar surface area (TPSA) is 33.1 Å². The number of aliphatic hydroxyl groups is 1. The molecule has 2 aromatic rings. The summed E-state index contributed by atoms with van der Waals surface area (Å²) in [5, 5.41) is 10.9. The summed E-state index contributed by atoms with van der Waals surface area (Å²) in [5.74, 6) is 0. The second-order valence-corrected chi connectivity index (χ2v) is 4.90. The minimum Gasteiger partial charge on any atom is -0.387 e. The molecule has 0 saturated heterocycles. The SMILES string of the molecule is OC(CCc1ccccc1)c1ncc(Cl)cc1Cl. The molecule has 1 aromatic heterocycles. The third-order valence-corrected chi connectivity index (χ3v) is 3.21. The first kappa shape index (κ1) is 13.3. The summed E-state index contributed by atoms with van der Waals surface area (Å²) in [6, 6.07) is 11.6. The Morgan fingerprint density at radius 3 is 2.56 bits per heavy atom. The van der Waals surface area contributed by atoms with Crippen molar-refractivity contribution in [3.63, 3.8) is 0 Å². The number of benzene rings is 1. The molecule has 0 radical (unpaired) electrons. The Hall–Kier alpha value is -1.09. The van der Waals surface area contributed by atoms with Crippen LogP contribution in [0.1, 0.15) is 23.8 Å². The van der Waals surface area contributed by atoms with Gasteiger partial charge in [0.1, 0.15) is 0 Å². The summed E-state index contributed by atoms with van der Waals surface area (Å²) >= 11 is 11.8. The van der Waals surface area contributed by atoms with Crippen molar-refractivity contribution in [3.8, 4) is 0 Å². The van der Waals surface area contributed by atoms with Crippen molar-refractivity contribution in [3.05, 3.63) is 63.9 Å². The van der Waals surface area contributed by atoms with E-state index in [9.17, 15) is 5.11 Å². The van der Waals surface area contributed by atoms with Crippen LogP contribution in [0.2, 0.25) is 10.0 Å². The Kier molecular flexibility index (Phi) is 4.59. The Bertz CT molecular complexity index is 516. The lowest BCUT2D eigenvalue weighted by molar-refractivity contribution is 0.163. The van der Waals surface area contributed by atoms with E-state index in [1.165, 1.54) is 11.8 Å². The average Bonchev–Trinajstić information content (AvgIpc) is 2.37. The van der Waals surface area contributed by atoms with Gasteiger partial charge in [0, 0.05) is 6.20 Å². The number of nitrogens with zero attached hydrogens (tertiary/aromatic N) is 1. The standard InChI is InChI=1S/C14H13Cl2NO/c15-11-8-12(16)14(17-9-11)13(18)7-6-10-4-2-1-3-5-10/h1-5,8-9,13,18H,6-7H2. The fourth-order valence-corrected chi connectivity index (χ4v) is 2.26. The molecular weight excluding hydrogens is 269 g/mol. The Morgan fingerprint density at radius 2 is 1.89 bits per heavy atom. The summed E-state index contributed by atoms with van der Waals surface area (Å²) in [5.41, 5.74) is 1.67. The molecule has 2 rings (SSSR count). The van der Waals surface area contributed by atoms with Gasteiger partial charge >= 0.3 is 0 Å². The van der Waals surface area contributed by atoms with E-state index >= 15 is 0 Å². The van der Waals surface area contributed by atoms with Gasteiger partial charge in [-0.1, -0.05) is 53.5 Å². The van der Waals surface area contributed by atoms with Crippen molar-refractivity contribution in [1.82, 2.24) is 4.98 Å². The summed E-state index contributed by atoms with van der Waals surface area (Å²) < 4.78 is 0. The van der Waals surface area contributed by atoms with Gasteiger partial charge in [-0.25, -0.2) is 0 Å². The average molecular weight is 282 g/mol. The van der Waals surface area contributed by atoms with Gasteiger partial charge in [-0.3, -0.25) is 4.98 Å². The van der Waals surface area contributed by atoms with Gasteiger partial charge < -0.3 is 5.11 Å². The van der Waals surface area contributed by atoms with E-state index in [2.05, 4.69) is 4.98 Å². The van der Waals surface area contributed by atoms with Crippen LogP contribution < -0.4 is 0 Å². The highest BCUT2D eigenvalue weighted by Crippen LogP contribution is 2.26. The monoisotopic (exact) mass is 281 g/mol. The summed E-state index contributed by atoms with van der Waals surface area (Å²) in [7, 11) is 0. The largest absolute Gasteiger partial charge is 0.387 e. The van der Waals surface area contributed by atoms with Gasteiger partial charge in [0.25, 0.3) is 0 Å². The van der Waals surface area contributed by atoms with Crippen LogP contribution in [-0.2, 0) is 6.42 Å². The summed E-state index contributed by atoms with van der Waals surface area (Å²) in [4.78, 5) is 4.08. The zero-order chi connectivity index (χ0) is 13.0. The summed E-state index contributed by atoms with van der Waals surface area (Å²) in [6.07, 6.45) is 2.19. The molecule has 1 unspecified atom stereocenters. The second-order valence-electron chi connectivity index (χ2n) is 4.06. The van der Waals surface area contributed by atoms with E-state index in [0.29, 0.717) is 22.2 Å². The van der Waals surface area contributed by atoms with Gasteiger partial charge in [-0.05, 0) is 24.5 Å². The van der Waals surface area contributed by atoms with Crippen LogP contribution in [0.25, 0.3) is 0 Å². The number of rotatable bonds is 4.